The van der Waals surface area contributed by atoms with Crippen molar-refractivity contribution in [2.24, 2.45) is 0 Å². The molecule has 33 heavy (non-hydrogen) atoms. The summed E-state index contributed by atoms with van der Waals surface area (Å²) in [6.07, 6.45) is 0.831. The Labute approximate surface area is 201 Å². The standard InChI is InChI=1S/C21H23Cl2F2N3O4S/c1-4-26-21(30)13(2)27(11-14-5-7-16(22)17(23)9-14)20(29)12-28(33(3,31)32)15-6-8-18(24)19(25)10-15/h5-10,13H,4,11-12H2,1-3H3,(H,26,30)/t13-/m1/s1. The average Bonchev–Trinajstić information content (AvgIpc) is 2.73. The molecule has 2 aromatic carbocycles. The Morgan fingerprint density at radius 1 is 1.06 bits per heavy atom. The fraction of sp³-hybridized carbons (Fsp3) is 0.333. The lowest BCUT2D eigenvalue weighted by atomic mass is 10.1. The normalized spacial score (nSPS) is 12.2. The second kappa shape index (κ2) is 11.1. The van der Waals surface area contributed by atoms with Gasteiger partial charge in [-0.15, -0.1) is 0 Å². The second-order valence-electron chi connectivity index (χ2n) is 7.21. The molecule has 0 aliphatic heterocycles. The third-order valence-electron chi connectivity index (χ3n) is 4.73. The summed E-state index contributed by atoms with van der Waals surface area (Å²) >= 11 is 12.0. The van der Waals surface area contributed by atoms with Crippen LogP contribution in [0.3, 0.4) is 0 Å². The molecule has 0 aromatic heterocycles. The molecule has 0 bridgehead atoms. The van der Waals surface area contributed by atoms with Crippen LogP contribution in [-0.4, -0.2) is 50.5 Å². The summed E-state index contributed by atoms with van der Waals surface area (Å²) in [6.45, 7) is 2.70. The highest BCUT2D eigenvalue weighted by Crippen LogP contribution is 2.25. The van der Waals surface area contributed by atoms with E-state index < -0.39 is 46.1 Å². The SMILES string of the molecule is CCNC(=O)[C@@H](C)N(Cc1ccc(Cl)c(Cl)c1)C(=O)CN(c1ccc(F)c(F)c1)S(C)(=O)=O. The van der Waals surface area contributed by atoms with Crippen molar-refractivity contribution >= 4 is 50.7 Å². The van der Waals surface area contributed by atoms with Crippen LogP contribution in [0.4, 0.5) is 14.5 Å². The van der Waals surface area contributed by atoms with Gasteiger partial charge in [0.2, 0.25) is 21.8 Å². The van der Waals surface area contributed by atoms with Crippen molar-refractivity contribution < 1.29 is 26.8 Å². The minimum absolute atomic E-state index is 0.0800. The highest BCUT2D eigenvalue weighted by Gasteiger charge is 2.30. The number of rotatable bonds is 9. The molecule has 1 N–H and O–H groups in total. The maximum atomic E-state index is 13.7. The Balaban J connectivity index is 2.42. The Kier molecular flexibility index (Phi) is 9.04. The predicted molar refractivity (Wildman–Crippen MR) is 124 cm³/mol. The molecule has 0 radical (unpaired) electrons. The molecular formula is C21H23Cl2F2N3O4S. The van der Waals surface area contributed by atoms with Crippen LogP contribution >= 0.6 is 23.2 Å². The second-order valence-corrected chi connectivity index (χ2v) is 9.93. The first-order chi connectivity index (χ1) is 15.3. The molecule has 7 nitrogen and oxygen atoms in total. The fourth-order valence-corrected chi connectivity index (χ4v) is 4.16. The zero-order valence-electron chi connectivity index (χ0n) is 18.1. The van der Waals surface area contributed by atoms with Gasteiger partial charge in [-0.3, -0.25) is 13.9 Å². The number of hydrogen-bond donors (Lipinski definition) is 1. The van der Waals surface area contributed by atoms with Crippen molar-refractivity contribution in [2.75, 3.05) is 23.7 Å². The van der Waals surface area contributed by atoms with Gasteiger partial charge in [0.1, 0.15) is 12.6 Å². The number of likely N-dealkylation sites (N-methyl/N-ethyl adjacent to an activating group) is 1. The van der Waals surface area contributed by atoms with E-state index in [9.17, 15) is 26.8 Å². The minimum atomic E-state index is -4.06. The highest BCUT2D eigenvalue weighted by atomic mass is 35.5. The van der Waals surface area contributed by atoms with E-state index in [1.165, 1.54) is 24.0 Å². The summed E-state index contributed by atoms with van der Waals surface area (Å²) in [7, 11) is -4.06. The Morgan fingerprint density at radius 2 is 1.73 bits per heavy atom. The van der Waals surface area contributed by atoms with E-state index in [0.717, 1.165) is 18.4 Å². The lowest BCUT2D eigenvalue weighted by Crippen LogP contribution is -2.51. The first kappa shape index (κ1) is 26.8. The van der Waals surface area contributed by atoms with E-state index >= 15 is 0 Å². The summed E-state index contributed by atoms with van der Waals surface area (Å²) in [4.78, 5) is 26.9. The molecule has 1 atom stereocenters. The maximum Gasteiger partial charge on any atom is 0.244 e. The Morgan fingerprint density at radius 3 is 2.27 bits per heavy atom. The van der Waals surface area contributed by atoms with Crippen molar-refractivity contribution in [3.8, 4) is 0 Å². The van der Waals surface area contributed by atoms with E-state index in [4.69, 9.17) is 23.2 Å². The van der Waals surface area contributed by atoms with Crippen molar-refractivity contribution in [2.45, 2.75) is 26.4 Å². The van der Waals surface area contributed by atoms with E-state index in [1.807, 2.05) is 0 Å². The van der Waals surface area contributed by atoms with Crippen LogP contribution in [-0.2, 0) is 26.2 Å². The first-order valence-electron chi connectivity index (χ1n) is 9.79. The zero-order valence-corrected chi connectivity index (χ0v) is 20.4. The summed E-state index contributed by atoms with van der Waals surface area (Å²) in [5, 5.41) is 3.16. The lowest BCUT2D eigenvalue weighted by Gasteiger charge is -2.31. The highest BCUT2D eigenvalue weighted by molar-refractivity contribution is 7.92. The molecule has 0 saturated carbocycles. The average molecular weight is 522 g/mol. The lowest BCUT2D eigenvalue weighted by molar-refractivity contribution is -0.139. The number of carbonyl (C=O) groups excluding carboxylic acids is 2. The molecule has 0 aliphatic carbocycles. The van der Waals surface area contributed by atoms with Gasteiger partial charge in [0.15, 0.2) is 11.6 Å². The number of benzene rings is 2. The van der Waals surface area contributed by atoms with Gasteiger partial charge in [-0.25, -0.2) is 17.2 Å². The Bertz CT molecular complexity index is 1150. The van der Waals surface area contributed by atoms with Crippen LogP contribution in [0.25, 0.3) is 0 Å². The molecule has 180 valence electrons. The smallest absolute Gasteiger partial charge is 0.244 e. The number of nitrogens with one attached hydrogen (secondary N) is 1. The molecule has 2 amide bonds. The third-order valence-corrected chi connectivity index (χ3v) is 6.61. The van der Waals surface area contributed by atoms with Gasteiger partial charge >= 0.3 is 0 Å². The van der Waals surface area contributed by atoms with Crippen molar-refractivity contribution in [3.63, 3.8) is 0 Å². The number of anilines is 1. The molecule has 0 heterocycles. The van der Waals surface area contributed by atoms with Crippen LogP contribution in [0.2, 0.25) is 10.0 Å². The number of nitrogens with zero attached hydrogens (tertiary/aromatic N) is 2. The van der Waals surface area contributed by atoms with Crippen LogP contribution in [0.15, 0.2) is 36.4 Å². The van der Waals surface area contributed by atoms with Crippen molar-refractivity contribution in [1.29, 1.82) is 0 Å². The van der Waals surface area contributed by atoms with Gasteiger partial charge < -0.3 is 10.2 Å². The van der Waals surface area contributed by atoms with Gasteiger partial charge in [0, 0.05) is 19.2 Å². The maximum absolute atomic E-state index is 13.7. The topological polar surface area (TPSA) is 86.8 Å². The number of halogens is 4. The third kappa shape index (κ3) is 7.02. The summed E-state index contributed by atoms with van der Waals surface area (Å²) in [5.41, 5.74) is 0.317. The number of hydrogen-bond acceptors (Lipinski definition) is 4. The molecule has 0 spiro atoms. The molecule has 0 fully saturated rings. The molecule has 12 heteroatoms. The van der Waals surface area contributed by atoms with E-state index in [-0.39, 0.29) is 17.3 Å². The number of amides is 2. The molecule has 0 unspecified atom stereocenters. The largest absolute Gasteiger partial charge is 0.355 e. The van der Waals surface area contributed by atoms with Gasteiger partial charge in [-0.2, -0.15) is 0 Å². The Hall–Kier alpha value is -2.43. The van der Waals surface area contributed by atoms with Gasteiger partial charge in [-0.05, 0) is 43.7 Å². The monoisotopic (exact) mass is 521 g/mol. The summed E-state index contributed by atoms with van der Waals surface area (Å²) in [6, 6.07) is 6.18. The fourth-order valence-electron chi connectivity index (χ4n) is 2.99. The summed E-state index contributed by atoms with van der Waals surface area (Å²) in [5.74, 6) is -3.62. The minimum Gasteiger partial charge on any atom is -0.355 e. The number of carbonyl (C=O) groups is 2. The number of sulfonamides is 1. The summed E-state index contributed by atoms with van der Waals surface area (Å²) < 4.78 is 52.4. The van der Waals surface area contributed by atoms with Crippen LogP contribution in [0.1, 0.15) is 19.4 Å². The zero-order chi connectivity index (χ0) is 24.9. The van der Waals surface area contributed by atoms with Gasteiger partial charge in [0.25, 0.3) is 0 Å². The van der Waals surface area contributed by atoms with E-state index in [1.54, 1.807) is 13.0 Å². The van der Waals surface area contributed by atoms with Gasteiger partial charge in [-0.1, -0.05) is 29.3 Å². The molecule has 2 aromatic rings. The van der Waals surface area contributed by atoms with Crippen LogP contribution in [0.5, 0.6) is 0 Å². The van der Waals surface area contributed by atoms with Crippen LogP contribution in [0, 0.1) is 11.6 Å². The molecule has 0 saturated heterocycles. The molecular weight excluding hydrogens is 499 g/mol. The quantitative estimate of drug-likeness (QED) is 0.546. The predicted octanol–water partition coefficient (Wildman–Crippen LogP) is 3.59. The van der Waals surface area contributed by atoms with E-state index in [2.05, 4.69) is 5.32 Å². The van der Waals surface area contributed by atoms with Gasteiger partial charge in [0.05, 0.1) is 22.0 Å². The molecule has 2 rings (SSSR count). The van der Waals surface area contributed by atoms with Crippen molar-refractivity contribution in [3.05, 3.63) is 63.6 Å². The first-order valence-corrected chi connectivity index (χ1v) is 12.4. The van der Waals surface area contributed by atoms with Crippen molar-refractivity contribution in [1.82, 2.24) is 10.2 Å². The molecule has 0 aliphatic rings. The van der Waals surface area contributed by atoms with Crippen LogP contribution < -0.4 is 9.62 Å². The van der Waals surface area contributed by atoms with E-state index in [0.29, 0.717) is 27.5 Å².